The first-order valence-electron chi connectivity index (χ1n) is 7.01. The van der Waals surface area contributed by atoms with Crippen LogP contribution in [0.5, 0.6) is 0 Å². The van der Waals surface area contributed by atoms with Gasteiger partial charge in [-0.1, -0.05) is 12.1 Å². The molecule has 4 nitrogen and oxygen atoms in total. The predicted octanol–water partition coefficient (Wildman–Crippen LogP) is 3.77. The van der Waals surface area contributed by atoms with E-state index in [1.165, 1.54) is 11.1 Å². The third-order valence-corrected chi connectivity index (χ3v) is 3.29. The highest BCUT2D eigenvalue weighted by atomic mass is 16.7. The maximum Gasteiger partial charge on any atom is 0.200 e. The number of H-pyrrole nitrogens is 1. The molecule has 0 aliphatic rings. The van der Waals surface area contributed by atoms with E-state index in [1.807, 2.05) is 19.9 Å². The minimum Gasteiger partial charge on any atom is -0.347 e. The van der Waals surface area contributed by atoms with Crippen molar-refractivity contribution in [2.75, 3.05) is 13.2 Å². The quantitative estimate of drug-likeness (QED) is 0.816. The maximum absolute atomic E-state index is 5.57. The number of aryl methyl sites for hydroxylation is 2. The molecule has 0 aliphatic heterocycles. The lowest BCUT2D eigenvalue weighted by molar-refractivity contribution is -0.142. The van der Waals surface area contributed by atoms with Gasteiger partial charge in [-0.3, -0.25) is 5.10 Å². The Morgan fingerprint density at radius 2 is 1.75 bits per heavy atom. The lowest BCUT2D eigenvalue weighted by atomic mass is 10.0. The molecule has 0 bridgehead atoms. The number of ether oxygens (including phenoxy) is 2. The smallest absolute Gasteiger partial charge is 0.200 e. The largest absolute Gasteiger partial charge is 0.347 e. The Kier molecular flexibility index (Phi) is 4.93. The molecule has 0 atom stereocenters. The minimum atomic E-state index is -0.377. The third kappa shape index (κ3) is 3.26. The van der Waals surface area contributed by atoms with Crippen LogP contribution >= 0.6 is 0 Å². The molecule has 1 aromatic carbocycles. The molecule has 1 heterocycles. The van der Waals surface area contributed by atoms with Crippen molar-refractivity contribution in [3.63, 3.8) is 0 Å². The zero-order valence-electron chi connectivity index (χ0n) is 12.6. The summed E-state index contributed by atoms with van der Waals surface area (Å²) in [6.45, 7) is 9.31. The van der Waals surface area contributed by atoms with E-state index < -0.39 is 0 Å². The number of hydrogen-bond acceptors (Lipinski definition) is 3. The van der Waals surface area contributed by atoms with Gasteiger partial charge in [0.25, 0.3) is 0 Å². The number of benzene rings is 1. The van der Waals surface area contributed by atoms with Crippen LogP contribution in [0.3, 0.4) is 0 Å². The average molecular weight is 274 g/mol. The highest BCUT2D eigenvalue weighted by Gasteiger charge is 2.15. The molecule has 1 N–H and O–H groups in total. The summed E-state index contributed by atoms with van der Waals surface area (Å²) in [5.41, 5.74) is 5.40. The summed E-state index contributed by atoms with van der Waals surface area (Å²) in [4.78, 5) is 0. The van der Waals surface area contributed by atoms with Crippen molar-refractivity contribution in [1.82, 2.24) is 10.2 Å². The van der Waals surface area contributed by atoms with Gasteiger partial charge in [0.1, 0.15) is 0 Å². The summed E-state index contributed by atoms with van der Waals surface area (Å²) < 4.78 is 11.1. The van der Waals surface area contributed by atoms with Crippen molar-refractivity contribution in [3.05, 3.63) is 41.1 Å². The zero-order valence-corrected chi connectivity index (χ0v) is 12.6. The van der Waals surface area contributed by atoms with E-state index in [1.54, 1.807) is 0 Å². The van der Waals surface area contributed by atoms with Crippen molar-refractivity contribution in [2.45, 2.75) is 34.0 Å². The molecule has 0 fully saturated rings. The molecule has 0 aliphatic carbocycles. The van der Waals surface area contributed by atoms with Crippen molar-refractivity contribution < 1.29 is 9.47 Å². The molecule has 1 aromatic heterocycles. The van der Waals surface area contributed by atoms with Gasteiger partial charge in [0.05, 0.1) is 11.4 Å². The van der Waals surface area contributed by atoms with Gasteiger partial charge in [-0.05, 0) is 51.0 Å². The van der Waals surface area contributed by atoms with Gasteiger partial charge in [-0.25, -0.2) is 0 Å². The summed E-state index contributed by atoms with van der Waals surface area (Å²) >= 11 is 0. The standard InChI is InChI=1S/C16H22N2O2/c1-5-19-16(20-6-2)15-10-14(17-18-15)13-8-7-11(3)12(4)9-13/h7-10,16H,5-6H2,1-4H3,(H,17,18). The molecule has 108 valence electrons. The van der Waals surface area contributed by atoms with E-state index in [-0.39, 0.29) is 6.29 Å². The van der Waals surface area contributed by atoms with Crippen molar-refractivity contribution in [1.29, 1.82) is 0 Å². The maximum atomic E-state index is 5.57. The number of nitrogens with one attached hydrogen (secondary N) is 1. The molecular formula is C16H22N2O2. The lowest BCUT2D eigenvalue weighted by Gasteiger charge is -2.14. The van der Waals surface area contributed by atoms with Crippen LogP contribution in [0.25, 0.3) is 11.3 Å². The third-order valence-electron chi connectivity index (χ3n) is 3.29. The van der Waals surface area contributed by atoms with Crippen LogP contribution in [-0.2, 0) is 9.47 Å². The predicted molar refractivity (Wildman–Crippen MR) is 79.5 cm³/mol. The van der Waals surface area contributed by atoms with Crippen LogP contribution in [0.4, 0.5) is 0 Å². The SMILES string of the molecule is CCOC(OCC)c1cc(-c2ccc(C)c(C)c2)n[nH]1. The van der Waals surface area contributed by atoms with Crippen LogP contribution in [-0.4, -0.2) is 23.4 Å². The molecule has 0 saturated heterocycles. The Hall–Kier alpha value is -1.65. The molecule has 20 heavy (non-hydrogen) atoms. The fourth-order valence-electron chi connectivity index (χ4n) is 2.04. The van der Waals surface area contributed by atoms with Gasteiger partial charge in [0, 0.05) is 18.8 Å². The molecule has 0 saturated carbocycles. The normalized spacial score (nSPS) is 11.2. The van der Waals surface area contributed by atoms with Crippen LogP contribution in [0, 0.1) is 13.8 Å². The molecular weight excluding hydrogens is 252 g/mol. The van der Waals surface area contributed by atoms with Gasteiger partial charge in [0.2, 0.25) is 0 Å². The van der Waals surface area contributed by atoms with E-state index in [0.29, 0.717) is 13.2 Å². The molecule has 0 amide bonds. The average Bonchev–Trinajstić information content (AvgIpc) is 2.91. The van der Waals surface area contributed by atoms with Crippen LogP contribution in [0.1, 0.15) is 37.0 Å². The number of hydrogen-bond donors (Lipinski definition) is 1. The first-order valence-corrected chi connectivity index (χ1v) is 7.01. The van der Waals surface area contributed by atoms with E-state index in [0.717, 1.165) is 17.0 Å². The van der Waals surface area contributed by atoms with Crippen LogP contribution in [0.15, 0.2) is 24.3 Å². The second kappa shape index (κ2) is 6.68. The van der Waals surface area contributed by atoms with Crippen molar-refractivity contribution >= 4 is 0 Å². The zero-order chi connectivity index (χ0) is 14.5. The summed E-state index contributed by atoms with van der Waals surface area (Å²) in [6, 6.07) is 8.33. The van der Waals surface area contributed by atoms with Gasteiger partial charge in [-0.2, -0.15) is 5.10 Å². The fraction of sp³-hybridized carbons (Fsp3) is 0.438. The van der Waals surface area contributed by atoms with E-state index in [9.17, 15) is 0 Å². The molecule has 0 spiro atoms. The minimum absolute atomic E-state index is 0.377. The monoisotopic (exact) mass is 274 g/mol. The van der Waals surface area contributed by atoms with Gasteiger partial charge >= 0.3 is 0 Å². The van der Waals surface area contributed by atoms with Gasteiger partial charge in [-0.15, -0.1) is 0 Å². The van der Waals surface area contributed by atoms with E-state index in [4.69, 9.17) is 9.47 Å². The highest BCUT2D eigenvalue weighted by Crippen LogP contribution is 2.24. The highest BCUT2D eigenvalue weighted by molar-refractivity contribution is 5.61. The van der Waals surface area contributed by atoms with Crippen molar-refractivity contribution in [2.24, 2.45) is 0 Å². The summed E-state index contributed by atoms with van der Waals surface area (Å²) in [6.07, 6.45) is -0.377. The topological polar surface area (TPSA) is 47.1 Å². The lowest BCUT2D eigenvalue weighted by Crippen LogP contribution is -2.09. The Balaban J connectivity index is 2.24. The van der Waals surface area contributed by atoms with Crippen molar-refractivity contribution in [3.8, 4) is 11.3 Å². The second-order valence-corrected chi connectivity index (χ2v) is 4.75. The molecule has 0 unspecified atom stereocenters. The van der Waals surface area contributed by atoms with E-state index >= 15 is 0 Å². The Morgan fingerprint density at radius 3 is 2.35 bits per heavy atom. The molecule has 2 rings (SSSR count). The number of aromatic amines is 1. The number of nitrogens with zero attached hydrogens (tertiary/aromatic N) is 1. The summed E-state index contributed by atoms with van der Waals surface area (Å²) in [5.74, 6) is 0. The Morgan fingerprint density at radius 1 is 1.05 bits per heavy atom. The molecule has 0 radical (unpaired) electrons. The first kappa shape index (κ1) is 14.8. The van der Waals surface area contributed by atoms with E-state index in [2.05, 4.69) is 42.2 Å². The molecule has 4 heteroatoms. The summed E-state index contributed by atoms with van der Waals surface area (Å²) in [5, 5.41) is 7.37. The van der Waals surface area contributed by atoms with Gasteiger partial charge in [0.15, 0.2) is 6.29 Å². The van der Waals surface area contributed by atoms with Crippen LogP contribution in [0.2, 0.25) is 0 Å². The van der Waals surface area contributed by atoms with Crippen LogP contribution < -0.4 is 0 Å². The first-order chi connectivity index (χ1) is 9.65. The fourth-order valence-corrected chi connectivity index (χ4v) is 2.04. The van der Waals surface area contributed by atoms with Gasteiger partial charge < -0.3 is 9.47 Å². The molecule has 2 aromatic rings. The number of aromatic nitrogens is 2. The summed E-state index contributed by atoms with van der Waals surface area (Å²) in [7, 11) is 0. The Labute approximate surface area is 120 Å². The second-order valence-electron chi connectivity index (χ2n) is 4.75. The number of rotatable bonds is 6. The Bertz CT molecular complexity index is 557.